The molecule has 2 aliphatic rings. The molecule has 1 N–H and O–H groups in total. The highest BCUT2D eigenvalue weighted by Crippen LogP contribution is 2.52. The maximum absolute atomic E-state index is 14.7. The number of ketones is 1. The van der Waals surface area contributed by atoms with E-state index < -0.39 is 101 Å². The van der Waals surface area contributed by atoms with Gasteiger partial charge in [0.05, 0.1) is 17.4 Å². The van der Waals surface area contributed by atoms with E-state index in [0.717, 1.165) is 13.8 Å². The van der Waals surface area contributed by atoms with Crippen molar-refractivity contribution in [2.24, 2.45) is 23.2 Å². The number of ether oxygens (including phenoxy) is 5. The minimum atomic E-state index is -2.19. The molecule has 0 aliphatic heterocycles. The zero-order chi connectivity index (χ0) is 37.8. The number of Topliss-reactive ketones (excluding diaryl/α,β-unsaturated/α-hetero) is 1. The average molecular weight is 700 g/mol. The van der Waals surface area contributed by atoms with Crippen molar-refractivity contribution >= 4 is 35.6 Å². The summed E-state index contributed by atoms with van der Waals surface area (Å²) in [4.78, 5) is 83.5. The van der Waals surface area contributed by atoms with Gasteiger partial charge < -0.3 is 28.8 Å². The Morgan fingerprint density at radius 3 is 2.18 bits per heavy atom. The summed E-state index contributed by atoms with van der Waals surface area (Å²) < 4.78 is 29.4. The summed E-state index contributed by atoms with van der Waals surface area (Å²) in [7, 11) is 0. The zero-order valence-electron chi connectivity index (χ0n) is 30.2. The summed E-state index contributed by atoms with van der Waals surface area (Å²) in [6.45, 7) is 17.3. The summed E-state index contributed by atoms with van der Waals surface area (Å²) in [5.41, 5.74) is -5.11. The number of fused-ring (bicyclic) bond motifs is 1. The normalized spacial score (nSPS) is 32.2. The van der Waals surface area contributed by atoms with Crippen LogP contribution in [0.25, 0.3) is 0 Å². The second kappa shape index (κ2) is 15.7. The Hall–Kier alpha value is -4.39. The van der Waals surface area contributed by atoms with E-state index in [1.807, 2.05) is 0 Å². The van der Waals surface area contributed by atoms with Crippen molar-refractivity contribution in [1.82, 2.24) is 4.98 Å². The molecule has 1 aromatic heterocycles. The smallest absolute Gasteiger partial charge is 0.340 e. The van der Waals surface area contributed by atoms with Crippen molar-refractivity contribution < 1.29 is 57.6 Å². The topological polar surface area (TPSA) is 182 Å². The SMILES string of the molecule is C=C1C[C@@H](OC(C)=O)[C@@H](OC(=O)c2cccnc2)C(C)(C)/C=C\[C@H](C)C(=O)[C@@]2(OC(C)=O)C[C@](C)(O)[C@H](OC(=O)[C@H](C)CC)[C@@H]2[C@H]1OC(C)=O. The quantitative estimate of drug-likeness (QED) is 0.231. The molecular weight excluding hydrogens is 650 g/mol. The monoisotopic (exact) mass is 699 g/mol. The minimum Gasteiger partial charge on any atom is -0.458 e. The van der Waals surface area contributed by atoms with Crippen LogP contribution in [-0.2, 0) is 47.7 Å². The molecule has 9 atom stereocenters. The van der Waals surface area contributed by atoms with Gasteiger partial charge in [-0.1, -0.05) is 53.3 Å². The average Bonchev–Trinajstić information content (AvgIpc) is 3.24. The van der Waals surface area contributed by atoms with Crippen LogP contribution in [0.15, 0.2) is 48.8 Å². The second-order valence-electron chi connectivity index (χ2n) is 14.2. The fourth-order valence-corrected chi connectivity index (χ4v) is 6.78. The Kier molecular flexibility index (Phi) is 12.5. The zero-order valence-corrected chi connectivity index (χ0v) is 30.2. The van der Waals surface area contributed by atoms with Gasteiger partial charge in [-0.3, -0.25) is 29.0 Å². The van der Waals surface area contributed by atoms with E-state index in [9.17, 15) is 33.9 Å². The Bertz CT molecular complexity index is 1520. The highest BCUT2D eigenvalue weighted by molar-refractivity contribution is 5.94. The molecule has 13 nitrogen and oxygen atoms in total. The predicted molar refractivity (Wildman–Crippen MR) is 178 cm³/mol. The molecule has 1 aromatic rings. The summed E-state index contributed by atoms with van der Waals surface area (Å²) in [5.74, 6) is -7.69. The van der Waals surface area contributed by atoms with Crippen LogP contribution in [0.5, 0.6) is 0 Å². The van der Waals surface area contributed by atoms with Crippen LogP contribution in [0.3, 0.4) is 0 Å². The number of aromatic nitrogens is 1. The maximum atomic E-state index is 14.7. The number of hydrogen-bond acceptors (Lipinski definition) is 13. The van der Waals surface area contributed by atoms with Crippen LogP contribution in [-0.4, -0.2) is 81.3 Å². The Balaban J connectivity index is 2.35. The fraction of sp³-hybridized carbons (Fsp3) is 0.595. The molecule has 1 fully saturated rings. The molecule has 0 bridgehead atoms. The highest BCUT2D eigenvalue weighted by atomic mass is 16.6. The lowest BCUT2D eigenvalue weighted by atomic mass is 9.72. The Morgan fingerprint density at radius 2 is 1.64 bits per heavy atom. The molecule has 1 saturated carbocycles. The van der Waals surface area contributed by atoms with Gasteiger partial charge in [0.25, 0.3) is 0 Å². The Labute approximate surface area is 292 Å². The van der Waals surface area contributed by atoms with E-state index >= 15 is 0 Å². The molecule has 50 heavy (non-hydrogen) atoms. The molecular formula is C37H49NO12. The molecule has 0 unspecified atom stereocenters. The first kappa shape index (κ1) is 40.0. The van der Waals surface area contributed by atoms with E-state index in [4.69, 9.17) is 23.7 Å². The minimum absolute atomic E-state index is 0.0403. The van der Waals surface area contributed by atoms with Crippen molar-refractivity contribution in [3.63, 3.8) is 0 Å². The summed E-state index contributed by atoms with van der Waals surface area (Å²) in [6.07, 6.45) is 0.0224. The number of esters is 5. The van der Waals surface area contributed by atoms with Crippen LogP contribution in [0, 0.1) is 23.2 Å². The van der Waals surface area contributed by atoms with Gasteiger partial charge in [0.15, 0.2) is 11.4 Å². The summed E-state index contributed by atoms with van der Waals surface area (Å²) in [6, 6.07) is 3.06. The van der Waals surface area contributed by atoms with Gasteiger partial charge in [-0.05, 0) is 31.1 Å². The summed E-state index contributed by atoms with van der Waals surface area (Å²) >= 11 is 0. The highest BCUT2D eigenvalue weighted by Gasteiger charge is 2.70. The van der Waals surface area contributed by atoms with Crippen molar-refractivity contribution in [2.45, 2.75) is 117 Å². The number of allylic oxidation sites excluding steroid dienone is 1. The van der Waals surface area contributed by atoms with Crippen LogP contribution >= 0.6 is 0 Å². The number of hydrogen-bond donors (Lipinski definition) is 1. The lowest BCUT2D eigenvalue weighted by molar-refractivity contribution is -0.188. The number of carbonyl (C=O) groups excluding carboxylic acids is 6. The molecule has 3 rings (SSSR count). The van der Waals surface area contributed by atoms with E-state index in [2.05, 4.69) is 11.6 Å². The van der Waals surface area contributed by atoms with Gasteiger partial charge in [0, 0.05) is 57.3 Å². The lowest BCUT2D eigenvalue weighted by Crippen LogP contribution is -2.57. The number of pyridine rings is 1. The number of nitrogens with zero attached hydrogens (tertiary/aromatic N) is 1. The number of aliphatic hydroxyl groups is 1. The van der Waals surface area contributed by atoms with Crippen LogP contribution in [0.4, 0.5) is 0 Å². The second-order valence-corrected chi connectivity index (χ2v) is 14.2. The lowest BCUT2D eigenvalue weighted by Gasteiger charge is -2.42. The first-order valence-corrected chi connectivity index (χ1v) is 16.7. The third kappa shape index (κ3) is 8.85. The largest absolute Gasteiger partial charge is 0.458 e. The molecule has 0 spiro atoms. The standard InChI is InChI=1S/C37H49NO12/c1-11-20(2)33(43)49-32-28-29(47-24(6)40)22(4)17-27(46-23(5)39)31(48-34(44)26-13-12-16-38-18-26)35(8,9)15-14-21(3)30(42)37(28,50-25(7)41)19-36(32,10)45/h12-16,18,20-21,27-29,31-32,45H,4,11,17,19H2,1-3,5-10H3/b15-14-/t20-,21+,27-,28+,29+,31-,32-,36+,37-/m1/s1. The van der Waals surface area contributed by atoms with Gasteiger partial charge in [0.1, 0.15) is 30.0 Å². The summed E-state index contributed by atoms with van der Waals surface area (Å²) in [5, 5.41) is 11.9. The first-order chi connectivity index (χ1) is 23.2. The van der Waals surface area contributed by atoms with Crippen LogP contribution in [0.2, 0.25) is 0 Å². The number of carbonyl (C=O) groups is 6. The molecule has 1 heterocycles. The van der Waals surface area contributed by atoms with E-state index in [-0.39, 0.29) is 17.6 Å². The van der Waals surface area contributed by atoms with Gasteiger partial charge in [-0.15, -0.1) is 0 Å². The van der Waals surface area contributed by atoms with E-state index in [1.54, 1.807) is 46.8 Å². The fourth-order valence-electron chi connectivity index (χ4n) is 6.78. The van der Waals surface area contributed by atoms with Crippen molar-refractivity contribution in [2.75, 3.05) is 0 Å². The van der Waals surface area contributed by atoms with Crippen molar-refractivity contribution in [3.05, 3.63) is 54.4 Å². The van der Waals surface area contributed by atoms with E-state index in [1.165, 1.54) is 38.4 Å². The van der Waals surface area contributed by atoms with Gasteiger partial charge in [-0.2, -0.15) is 0 Å². The molecule has 274 valence electrons. The molecule has 0 amide bonds. The van der Waals surface area contributed by atoms with Crippen LogP contribution in [0.1, 0.15) is 91.9 Å². The van der Waals surface area contributed by atoms with Crippen molar-refractivity contribution in [1.29, 1.82) is 0 Å². The molecule has 13 heteroatoms. The van der Waals surface area contributed by atoms with Crippen molar-refractivity contribution in [3.8, 4) is 0 Å². The third-order valence-corrected chi connectivity index (χ3v) is 9.33. The molecule has 2 aliphatic carbocycles. The third-order valence-electron chi connectivity index (χ3n) is 9.33. The first-order valence-electron chi connectivity index (χ1n) is 16.7. The van der Waals surface area contributed by atoms with Crippen LogP contribution < -0.4 is 0 Å². The van der Waals surface area contributed by atoms with Gasteiger partial charge >= 0.3 is 29.8 Å². The van der Waals surface area contributed by atoms with Gasteiger partial charge in [-0.25, -0.2) is 4.79 Å². The maximum Gasteiger partial charge on any atom is 0.340 e. The predicted octanol–water partition coefficient (Wildman–Crippen LogP) is 4.25. The van der Waals surface area contributed by atoms with Gasteiger partial charge in [0.2, 0.25) is 0 Å². The molecule has 0 saturated heterocycles. The molecule has 0 aromatic carbocycles. The Morgan fingerprint density at radius 1 is 1.00 bits per heavy atom. The number of rotatable bonds is 8. The van der Waals surface area contributed by atoms with E-state index in [0.29, 0.717) is 6.42 Å². The molecule has 0 radical (unpaired) electrons.